The number of amidine groups is 1. The van der Waals surface area contributed by atoms with Gasteiger partial charge in [-0.15, -0.1) is 0 Å². The summed E-state index contributed by atoms with van der Waals surface area (Å²) < 4.78 is 0. The smallest absolute Gasteiger partial charge is 0.226 e. The Bertz CT molecular complexity index is 382. The van der Waals surface area contributed by atoms with Gasteiger partial charge in [0, 0.05) is 13.2 Å². The van der Waals surface area contributed by atoms with Gasteiger partial charge in [0.25, 0.3) is 0 Å². The van der Waals surface area contributed by atoms with Crippen molar-refractivity contribution in [2.24, 2.45) is 10.9 Å². The van der Waals surface area contributed by atoms with E-state index in [1.54, 1.807) is 11.9 Å². The van der Waals surface area contributed by atoms with Crippen molar-refractivity contribution in [2.45, 2.75) is 13.0 Å². The fourth-order valence-electron chi connectivity index (χ4n) is 1.03. The van der Waals surface area contributed by atoms with E-state index in [2.05, 4.69) is 15.1 Å². The number of rotatable bonds is 4. The van der Waals surface area contributed by atoms with Crippen LogP contribution >= 0.6 is 0 Å². The van der Waals surface area contributed by atoms with Crippen LogP contribution in [-0.2, 0) is 0 Å². The van der Waals surface area contributed by atoms with E-state index in [1.165, 1.54) is 12.3 Å². The molecular formula is C9H15N5O2. The van der Waals surface area contributed by atoms with Crippen molar-refractivity contribution < 1.29 is 10.3 Å². The molecular weight excluding hydrogens is 210 g/mol. The van der Waals surface area contributed by atoms with Crippen LogP contribution in [0.4, 0.5) is 5.95 Å². The maximum Gasteiger partial charge on any atom is 0.226 e. The summed E-state index contributed by atoms with van der Waals surface area (Å²) >= 11 is 0. The van der Waals surface area contributed by atoms with Gasteiger partial charge in [-0.2, -0.15) is 0 Å². The fourth-order valence-corrected chi connectivity index (χ4v) is 1.03. The first-order valence-electron chi connectivity index (χ1n) is 4.74. The number of hydrogen-bond donors (Lipinski definition) is 3. The molecule has 88 valence electrons. The molecule has 0 aliphatic rings. The molecule has 0 aromatic carbocycles. The Morgan fingerprint density at radius 2 is 2.38 bits per heavy atom. The second-order valence-corrected chi connectivity index (χ2v) is 3.37. The normalized spacial score (nSPS) is 13.6. The first kappa shape index (κ1) is 12.2. The minimum Gasteiger partial charge on any atom is -0.409 e. The fraction of sp³-hybridized carbons (Fsp3) is 0.444. The third kappa shape index (κ3) is 2.57. The van der Waals surface area contributed by atoms with Crippen LogP contribution in [0.5, 0.6) is 0 Å². The third-order valence-electron chi connectivity index (χ3n) is 2.25. The van der Waals surface area contributed by atoms with Gasteiger partial charge >= 0.3 is 0 Å². The van der Waals surface area contributed by atoms with E-state index in [-0.39, 0.29) is 18.5 Å². The Morgan fingerprint density at radius 1 is 1.69 bits per heavy atom. The minimum absolute atomic E-state index is 0.00629. The average molecular weight is 225 g/mol. The van der Waals surface area contributed by atoms with Crippen LogP contribution < -0.4 is 10.6 Å². The van der Waals surface area contributed by atoms with Crippen LogP contribution in [-0.4, -0.2) is 45.8 Å². The Morgan fingerprint density at radius 3 is 2.94 bits per heavy atom. The highest BCUT2D eigenvalue weighted by Gasteiger charge is 2.12. The van der Waals surface area contributed by atoms with Crippen LogP contribution in [0.2, 0.25) is 0 Å². The molecule has 1 heterocycles. The standard InChI is InChI=1S/C9H15N5O2/c1-6(5-15)14(2)9-11-4-3-7(12-9)8(10)13-16/h3-4,6,15-16H,5H2,1-2H3,(H2,10,13). The molecule has 0 aliphatic carbocycles. The van der Waals surface area contributed by atoms with Gasteiger partial charge in [-0.1, -0.05) is 5.16 Å². The van der Waals surface area contributed by atoms with Crippen molar-refractivity contribution in [3.8, 4) is 0 Å². The second-order valence-electron chi connectivity index (χ2n) is 3.37. The summed E-state index contributed by atoms with van der Waals surface area (Å²) in [6.45, 7) is 1.83. The molecule has 1 aromatic rings. The lowest BCUT2D eigenvalue weighted by atomic mass is 10.3. The summed E-state index contributed by atoms with van der Waals surface area (Å²) in [5.74, 6) is 0.333. The number of aliphatic hydroxyl groups is 1. The average Bonchev–Trinajstić information content (AvgIpc) is 2.36. The zero-order valence-corrected chi connectivity index (χ0v) is 9.20. The van der Waals surface area contributed by atoms with Crippen LogP contribution in [0.3, 0.4) is 0 Å². The van der Waals surface area contributed by atoms with E-state index >= 15 is 0 Å². The van der Waals surface area contributed by atoms with Crippen molar-refractivity contribution in [1.82, 2.24) is 9.97 Å². The molecule has 4 N–H and O–H groups in total. The first-order chi connectivity index (χ1) is 7.60. The highest BCUT2D eigenvalue weighted by atomic mass is 16.4. The largest absolute Gasteiger partial charge is 0.409 e. The number of oxime groups is 1. The van der Waals surface area contributed by atoms with Crippen molar-refractivity contribution in [1.29, 1.82) is 0 Å². The third-order valence-corrected chi connectivity index (χ3v) is 2.25. The summed E-state index contributed by atoms with van der Waals surface area (Å²) in [6, 6.07) is 1.43. The molecule has 0 saturated heterocycles. The molecule has 7 heteroatoms. The SMILES string of the molecule is CC(CO)N(C)c1nccc(/C(N)=N/O)n1. The maximum absolute atomic E-state index is 9.01. The zero-order valence-electron chi connectivity index (χ0n) is 9.20. The summed E-state index contributed by atoms with van der Waals surface area (Å²) in [5.41, 5.74) is 5.75. The molecule has 1 rings (SSSR count). The van der Waals surface area contributed by atoms with E-state index in [1.807, 2.05) is 6.92 Å². The predicted octanol–water partition coefficient (Wildman–Crippen LogP) is -0.612. The predicted molar refractivity (Wildman–Crippen MR) is 59.5 cm³/mol. The van der Waals surface area contributed by atoms with Gasteiger partial charge in [-0.3, -0.25) is 0 Å². The lowest BCUT2D eigenvalue weighted by molar-refractivity contribution is 0.269. The van der Waals surface area contributed by atoms with E-state index < -0.39 is 0 Å². The van der Waals surface area contributed by atoms with Crippen molar-refractivity contribution in [2.75, 3.05) is 18.6 Å². The van der Waals surface area contributed by atoms with Gasteiger partial charge in [0.1, 0.15) is 5.69 Å². The molecule has 0 aliphatic heterocycles. The molecule has 1 atom stereocenters. The van der Waals surface area contributed by atoms with E-state index in [9.17, 15) is 0 Å². The van der Waals surface area contributed by atoms with Crippen LogP contribution in [0.25, 0.3) is 0 Å². The molecule has 0 bridgehead atoms. The van der Waals surface area contributed by atoms with Gasteiger partial charge in [-0.25, -0.2) is 9.97 Å². The molecule has 1 unspecified atom stereocenters. The quantitative estimate of drug-likeness (QED) is 0.273. The number of hydrogen-bond acceptors (Lipinski definition) is 6. The van der Waals surface area contributed by atoms with Crippen LogP contribution in [0.15, 0.2) is 17.4 Å². The summed E-state index contributed by atoms with van der Waals surface area (Å²) in [4.78, 5) is 9.84. The molecule has 1 aromatic heterocycles. The molecule has 0 amide bonds. The van der Waals surface area contributed by atoms with Crippen LogP contribution in [0, 0.1) is 0 Å². The van der Waals surface area contributed by atoms with Gasteiger partial charge in [0.2, 0.25) is 5.95 Å². The molecule has 16 heavy (non-hydrogen) atoms. The Kier molecular flexibility index (Phi) is 4.01. The van der Waals surface area contributed by atoms with Gasteiger partial charge < -0.3 is 20.9 Å². The number of anilines is 1. The van der Waals surface area contributed by atoms with E-state index in [0.29, 0.717) is 11.6 Å². The minimum atomic E-state index is -0.109. The highest BCUT2D eigenvalue weighted by molar-refractivity contribution is 5.95. The van der Waals surface area contributed by atoms with Crippen molar-refractivity contribution in [3.05, 3.63) is 18.0 Å². The van der Waals surface area contributed by atoms with Gasteiger partial charge in [0.05, 0.1) is 12.6 Å². The number of aromatic nitrogens is 2. The summed E-state index contributed by atoms with van der Waals surface area (Å²) in [5, 5.41) is 20.4. The number of aliphatic hydroxyl groups excluding tert-OH is 1. The van der Waals surface area contributed by atoms with Gasteiger partial charge in [0.15, 0.2) is 5.84 Å². The lowest BCUT2D eigenvalue weighted by Gasteiger charge is -2.22. The maximum atomic E-state index is 9.01. The zero-order chi connectivity index (χ0) is 12.1. The number of likely N-dealkylation sites (N-methyl/N-ethyl adjacent to an activating group) is 1. The second kappa shape index (κ2) is 5.26. The highest BCUT2D eigenvalue weighted by Crippen LogP contribution is 2.08. The molecule has 0 spiro atoms. The number of nitrogens with two attached hydrogens (primary N) is 1. The molecule has 7 nitrogen and oxygen atoms in total. The van der Waals surface area contributed by atoms with E-state index in [0.717, 1.165) is 0 Å². The summed E-state index contributed by atoms with van der Waals surface area (Å²) in [7, 11) is 1.76. The molecule has 0 radical (unpaired) electrons. The molecule has 0 saturated carbocycles. The Labute approximate surface area is 93.2 Å². The van der Waals surface area contributed by atoms with E-state index in [4.69, 9.17) is 16.0 Å². The van der Waals surface area contributed by atoms with Crippen LogP contribution in [0.1, 0.15) is 12.6 Å². The number of nitrogens with zero attached hydrogens (tertiary/aromatic N) is 4. The summed E-state index contributed by atoms with van der Waals surface area (Å²) in [6.07, 6.45) is 1.51. The topological polar surface area (TPSA) is 108 Å². The first-order valence-corrected chi connectivity index (χ1v) is 4.74. The van der Waals surface area contributed by atoms with Crippen molar-refractivity contribution in [3.63, 3.8) is 0 Å². The molecule has 0 fully saturated rings. The van der Waals surface area contributed by atoms with Crippen molar-refractivity contribution >= 4 is 11.8 Å². The van der Waals surface area contributed by atoms with Gasteiger partial charge in [-0.05, 0) is 13.0 Å². The monoisotopic (exact) mass is 225 g/mol. The Balaban J connectivity index is 2.98. The lowest BCUT2D eigenvalue weighted by Crippen LogP contribution is -2.33. The Hall–Kier alpha value is -1.89.